The van der Waals surface area contributed by atoms with Crippen LogP contribution in [0.5, 0.6) is 0 Å². The lowest BCUT2D eigenvalue weighted by Gasteiger charge is -2.05. The minimum Gasteiger partial charge on any atom is -0.453 e. The van der Waals surface area contributed by atoms with E-state index in [1.165, 1.54) is 7.11 Å². The first kappa shape index (κ1) is 12.0. The molecule has 18 heavy (non-hydrogen) atoms. The van der Waals surface area contributed by atoms with Crippen molar-refractivity contribution in [3.8, 4) is 11.3 Å². The van der Waals surface area contributed by atoms with Gasteiger partial charge in [-0.25, -0.2) is 9.78 Å². The SMILES string of the molecule is COC(=O)Nc1cc(-c2cccc(C)n2)ccn1. The highest BCUT2D eigenvalue weighted by molar-refractivity contribution is 5.84. The lowest BCUT2D eigenvalue weighted by molar-refractivity contribution is 0.187. The number of amides is 1. The Morgan fingerprint density at radius 2 is 2.17 bits per heavy atom. The number of pyridine rings is 2. The van der Waals surface area contributed by atoms with Crippen molar-refractivity contribution in [2.24, 2.45) is 0 Å². The lowest BCUT2D eigenvalue weighted by Crippen LogP contribution is -2.11. The maximum atomic E-state index is 11.1. The molecule has 2 aromatic heterocycles. The number of hydrogen-bond acceptors (Lipinski definition) is 4. The van der Waals surface area contributed by atoms with Gasteiger partial charge in [0.2, 0.25) is 0 Å². The summed E-state index contributed by atoms with van der Waals surface area (Å²) in [6.07, 6.45) is 1.07. The number of hydrogen-bond donors (Lipinski definition) is 1. The van der Waals surface area contributed by atoms with Gasteiger partial charge in [-0.05, 0) is 31.2 Å². The van der Waals surface area contributed by atoms with E-state index in [9.17, 15) is 4.79 Å². The maximum absolute atomic E-state index is 11.1. The summed E-state index contributed by atoms with van der Waals surface area (Å²) in [6.45, 7) is 1.93. The Balaban J connectivity index is 2.29. The number of carbonyl (C=O) groups excluding carboxylic acids is 1. The summed E-state index contributed by atoms with van der Waals surface area (Å²) in [7, 11) is 1.31. The summed E-state index contributed by atoms with van der Waals surface area (Å²) in [4.78, 5) is 19.5. The van der Waals surface area contributed by atoms with E-state index >= 15 is 0 Å². The topological polar surface area (TPSA) is 64.1 Å². The van der Waals surface area contributed by atoms with Crippen LogP contribution < -0.4 is 5.32 Å². The predicted octanol–water partition coefficient (Wildman–Crippen LogP) is 2.63. The van der Waals surface area contributed by atoms with E-state index in [0.29, 0.717) is 5.82 Å². The largest absolute Gasteiger partial charge is 0.453 e. The van der Waals surface area contributed by atoms with Gasteiger partial charge >= 0.3 is 6.09 Å². The molecule has 1 amide bonds. The van der Waals surface area contributed by atoms with E-state index < -0.39 is 6.09 Å². The first-order valence-electron chi connectivity index (χ1n) is 5.44. The maximum Gasteiger partial charge on any atom is 0.412 e. The second-order valence-corrected chi connectivity index (χ2v) is 3.71. The third-order valence-electron chi connectivity index (χ3n) is 2.36. The van der Waals surface area contributed by atoms with Gasteiger partial charge in [0.1, 0.15) is 5.82 Å². The van der Waals surface area contributed by atoms with Gasteiger partial charge in [-0.1, -0.05) is 6.07 Å². The standard InChI is InChI=1S/C13H13N3O2/c1-9-4-3-5-11(15-9)10-6-7-14-12(8-10)16-13(17)18-2/h3-8H,1-2H3,(H,14,16,17). The molecule has 5 heteroatoms. The fourth-order valence-electron chi connectivity index (χ4n) is 1.52. The average Bonchev–Trinajstić information content (AvgIpc) is 2.39. The lowest BCUT2D eigenvalue weighted by atomic mass is 10.1. The zero-order valence-electron chi connectivity index (χ0n) is 10.2. The minimum atomic E-state index is -0.545. The van der Waals surface area contributed by atoms with Crippen molar-refractivity contribution in [3.63, 3.8) is 0 Å². The Hall–Kier alpha value is -2.43. The number of anilines is 1. The molecular weight excluding hydrogens is 230 g/mol. The van der Waals surface area contributed by atoms with Crippen LogP contribution in [0.15, 0.2) is 36.5 Å². The molecule has 0 saturated heterocycles. The van der Waals surface area contributed by atoms with Crippen molar-refractivity contribution in [1.82, 2.24) is 9.97 Å². The smallest absolute Gasteiger partial charge is 0.412 e. The van der Waals surface area contributed by atoms with Crippen LogP contribution in [0, 0.1) is 6.92 Å². The third-order valence-corrected chi connectivity index (χ3v) is 2.36. The molecule has 0 unspecified atom stereocenters. The molecule has 0 aliphatic carbocycles. The van der Waals surface area contributed by atoms with Crippen LogP contribution in [0.3, 0.4) is 0 Å². The average molecular weight is 243 g/mol. The molecule has 0 fully saturated rings. The number of carbonyl (C=O) groups is 1. The van der Waals surface area contributed by atoms with Gasteiger partial charge in [0.15, 0.2) is 0 Å². The molecule has 0 saturated carbocycles. The van der Waals surface area contributed by atoms with Crippen LogP contribution in [0.2, 0.25) is 0 Å². The van der Waals surface area contributed by atoms with Gasteiger partial charge in [-0.3, -0.25) is 10.3 Å². The molecule has 0 atom stereocenters. The van der Waals surface area contributed by atoms with Crippen LogP contribution in [0.4, 0.5) is 10.6 Å². The highest BCUT2D eigenvalue weighted by Crippen LogP contribution is 2.19. The van der Waals surface area contributed by atoms with E-state index in [2.05, 4.69) is 20.0 Å². The number of rotatable bonds is 2. The third kappa shape index (κ3) is 2.82. The zero-order valence-corrected chi connectivity index (χ0v) is 10.2. The van der Waals surface area contributed by atoms with Crippen molar-refractivity contribution in [2.75, 3.05) is 12.4 Å². The molecule has 2 heterocycles. The summed E-state index contributed by atoms with van der Waals surface area (Å²) in [6, 6.07) is 9.36. The van der Waals surface area contributed by atoms with E-state index in [-0.39, 0.29) is 0 Å². The highest BCUT2D eigenvalue weighted by Gasteiger charge is 2.05. The molecule has 1 N–H and O–H groups in total. The molecule has 5 nitrogen and oxygen atoms in total. The van der Waals surface area contributed by atoms with E-state index in [0.717, 1.165) is 17.0 Å². The number of aromatic nitrogens is 2. The monoisotopic (exact) mass is 243 g/mol. The molecule has 0 aliphatic heterocycles. The van der Waals surface area contributed by atoms with Crippen molar-refractivity contribution in [2.45, 2.75) is 6.92 Å². The molecule has 0 aromatic carbocycles. The van der Waals surface area contributed by atoms with Crippen LogP contribution in [0.1, 0.15) is 5.69 Å². The first-order chi connectivity index (χ1) is 8.69. The molecule has 0 spiro atoms. The van der Waals surface area contributed by atoms with E-state index in [1.54, 1.807) is 12.3 Å². The fraction of sp³-hybridized carbons (Fsp3) is 0.154. The minimum absolute atomic E-state index is 0.433. The predicted molar refractivity (Wildman–Crippen MR) is 68.2 cm³/mol. The Kier molecular flexibility index (Phi) is 3.52. The van der Waals surface area contributed by atoms with Crippen LogP contribution in [0.25, 0.3) is 11.3 Å². The van der Waals surface area contributed by atoms with Gasteiger partial charge in [0.05, 0.1) is 12.8 Å². The summed E-state index contributed by atoms with van der Waals surface area (Å²) < 4.78 is 4.51. The number of nitrogens with one attached hydrogen (secondary N) is 1. The van der Waals surface area contributed by atoms with E-state index in [4.69, 9.17) is 0 Å². The Bertz CT molecular complexity index is 570. The van der Waals surface area contributed by atoms with Crippen LogP contribution in [-0.4, -0.2) is 23.2 Å². The van der Waals surface area contributed by atoms with Crippen molar-refractivity contribution in [3.05, 3.63) is 42.2 Å². The summed E-state index contributed by atoms with van der Waals surface area (Å²) in [5.41, 5.74) is 2.66. The molecule has 0 bridgehead atoms. The van der Waals surface area contributed by atoms with Crippen molar-refractivity contribution < 1.29 is 9.53 Å². The Labute approximate surface area is 105 Å². The van der Waals surface area contributed by atoms with Gasteiger partial charge in [0, 0.05) is 17.5 Å². The zero-order chi connectivity index (χ0) is 13.0. The Morgan fingerprint density at radius 1 is 1.33 bits per heavy atom. The highest BCUT2D eigenvalue weighted by atomic mass is 16.5. The second-order valence-electron chi connectivity index (χ2n) is 3.71. The molecule has 0 aliphatic rings. The molecule has 2 rings (SSSR count). The molecule has 92 valence electrons. The quantitative estimate of drug-likeness (QED) is 0.880. The normalized spacial score (nSPS) is 9.89. The van der Waals surface area contributed by atoms with Gasteiger partial charge in [-0.2, -0.15) is 0 Å². The number of aryl methyl sites for hydroxylation is 1. The van der Waals surface area contributed by atoms with Crippen molar-refractivity contribution in [1.29, 1.82) is 0 Å². The first-order valence-corrected chi connectivity index (χ1v) is 5.44. The number of ether oxygens (including phenoxy) is 1. The van der Waals surface area contributed by atoms with Gasteiger partial charge < -0.3 is 4.74 Å². The van der Waals surface area contributed by atoms with Crippen LogP contribution in [-0.2, 0) is 4.74 Å². The summed E-state index contributed by atoms with van der Waals surface area (Å²) in [5.74, 6) is 0.433. The van der Waals surface area contributed by atoms with Crippen molar-refractivity contribution >= 4 is 11.9 Å². The Morgan fingerprint density at radius 3 is 2.89 bits per heavy atom. The fourth-order valence-corrected chi connectivity index (χ4v) is 1.52. The second kappa shape index (κ2) is 5.27. The number of nitrogens with zero attached hydrogens (tertiary/aromatic N) is 2. The van der Waals surface area contributed by atoms with Gasteiger partial charge in [0.25, 0.3) is 0 Å². The molecular formula is C13H13N3O2. The molecule has 2 aromatic rings. The summed E-state index contributed by atoms with van der Waals surface area (Å²) >= 11 is 0. The van der Waals surface area contributed by atoms with E-state index in [1.807, 2.05) is 31.2 Å². The van der Waals surface area contributed by atoms with Crippen LogP contribution >= 0.6 is 0 Å². The molecule has 0 radical (unpaired) electrons. The number of methoxy groups -OCH3 is 1. The summed E-state index contributed by atoms with van der Waals surface area (Å²) in [5, 5.41) is 2.52. The van der Waals surface area contributed by atoms with Gasteiger partial charge in [-0.15, -0.1) is 0 Å².